The van der Waals surface area contributed by atoms with Crippen molar-refractivity contribution in [2.24, 2.45) is 5.73 Å². The van der Waals surface area contributed by atoms with Crippen LogP contribution in [0.15, 0.2) is 24.3 Å². The predicted molar refractivity (Wildman–Crippen MR) is 56.1 cm³/mol. The summed E-state index contributed by atoms with van der Waals surface area (Å²) in [5.41, 5.74) is 7.04. The topological polar surface area (TPSA) is 43.1 Å². The molecule has 0 spiro atoms. The van der Waals surface area contributed by atoms with Crippen LogP contribution in [-0.2, 0) is 5.28 Å². The summed E-state index contributed by atoms with van der Waals surface area (Å²) in [5, 5.41) is 1.18. The molecule has 0 saturated carbocycles. The Morgan fingerprint density at radius 3 is 2.23 bits per heavy atom. The van der Waals surface area contributed by atoms with Gasteiger partial charge in [-0.3, -0.25) is 4.79 Å². The lowest BCUT2D eigenvalue weighted by Crippen LogP contribution is -2.11. The van der Waals surface area contributed by atoms with E-state index in [9.17, 15) is 4.79 Å². The second-order valence-electron chi connectivity index (χ2n) is 3.66. The highest BCUT2D eigenvalue weighted by atomic mass is 27.2. The van der Waals surface area contributed by atoms with E-state index in [2.05, 4.69) is 11.6 Å². The normalized spacial score (nSPS) is 9.69. The molecule has 1 aromatic rings. The van der Waals surface area contributed by atoms with Crippen LogP contribution < -0.4 is 5.73 Å². The van der Waals surface area contributed by atoms with Crippen molar-refractivity contribution in [2.75, 3.05) is 0 Å². The molecule has 0 radical (unpaired) electrons. The molecular formula is C10H14AlNO. The Kier molecular flexibility index (Phi) is 3.53. The van der Waals surface area contributed by atoms with Crippen molar-refractivity contribution in [1.82, 2.24) is 0 Å². The van der Waals surface area contributed by atoms with Crippen molar-refractivity contribution in [2.45, 2.75) is 16.9 Å². The Morgan fingerprint density at radius 2 is 1.85 bits per heavy atom. The van der Waals surface area contributed by atoms with Crippen LogP contribution in [0.1, 0.15) is 15.9 Å². The highest BCUT2D eigenvalue weighted by Gasteiger charge is 2.04. The molecule has 0 aliphatic carbocycles. The van der Waals surface area contributed by atoms with Crippen LogP contribution >= 0.6 is 0 Å². The zero-order valence-corrected chi connectivity index (χ0v) is 9.23. The van der Waals surface area contributed by atoms with Gasteiger partial charge in [-0.1, -0.05) is 23.0 Å². The van der Waals surface area contributed by atoms with Crippen LogP contribution in [0.5, 0.6) is 0 Å². The number of benzene rings is 1. The molecule has 0 aromatic heterocycles. The fourth-order valence-electron chi connectivity index (χ4n) is 1.28. The van der Waals surface area contributed by atoms with E-state index < -0.39 is 14.1 Å². The maximum atomic E-state index is 10.8. The molecule has 0 atom stereocenters. The van der Waals surface area contributed by atoms with Crippen molar-refractivity contribution in [1.29, 1.82) is 0 Å². The average molecular weight is 191 g/mol. The van der Waals surface area contributed by atoms with Crippen LogP contribution in [0.2, 0.25) is 11.6 Å². The van der Waals surface area contributed by atoms with E-state index in [0.717, 1.165) is 0 Å². The molecule has 0 aliphatic heterocycles. The Bertz CT molecular complexity index is 292. The zero-order chi connectivity index (χ0) is 9.84. The molecule has 2 N–H and O–H groups in total. The van der Waals surface area contributed by atoms with Gasteiger partial charge in [0.2, 0.25) is 5.91 Å². The number of hydrogen-bond donors (Lipinski definition) is 1. The van der Waals surface area contributed by atoms with Crippen molar-refractivity contribution >= 4 is 20.1 Å². The number of hydrogen-bond acceptors (Lipinski definition) is 1. The molecule has 0 heterocycles. The first kappa shape index (κ1) is 10.3. The SMILES string of the molecule is [CH3][Al]([CH3])[CH2]c1ccc(C(N)=O)cc1. The molecular weight excluding hydrogens is 177 g/mol. The Morgan fingerprint density at radius 1 is 1.31 bits per heavy atom. The molecule has 13 heavy (non-hydrogen) atoms. The number of nitrogens with two attached hydrogens (primary N) is 1. The number of carbonyl (C=O) groups excluding carboxylic acids is 1. The van der Waals surface area contributed by atoms with Crippen molar-refractivity contribution in [3.05, 3.63) is 35.4 Å². The third-order valence-electron chi connectivity index (χ3n) is 1.88. The fourth-order valence-corrected chi connectivity index (χ4v) is 2.49. The van der Waals surface area contributed by atoms with Crippen LogP contribution in [0.25, 0.3) is 0 Å². The van der Waals surface area contributed by atoms with Gasteiger partial charge in [0.15, 0.2) is 0 Å². The van der Waals surface area contributed by atoms with Crippen LogP contribution in [0.4, 0.5) is 0 Å². The summed E-state index contributed by atoms with van der Waals surface area (Å²) in [5.74, 6) is 4.26. The Hall–Kier alpha value is -0.778. The number of primary amides is 1. The summed E-state index contributed by atoms with van der Waals surface area (Å²) in [6.45, 7) is 0. The van der Waals surface area contributed by atoms with Gasteiger partial charge in [0.05, 0.1) is 0 Å². The van der Waals surface area contributed by atoms with Gasteiger partial charge in [0, 0.05) is 5.56 Å². The van der Waals surface area contributed by atoms with Crippen LogP contribution in [-0.4, -0.2) is 20.1 Å². The first-order valence-corrected chi connectivity index (χ1v) is 7.61. The minimum atomic E-state index is -0.554. The highest BCUT2D eigenvalue weighted by Crippen LogP contribution is 2.05. The summed E-state index contributed by atoms with van der Waals surface area (Å²) >= 11 is -0.554. The molecule has 1 aromatic carbocycles. The summed E-state index contributed by atoms with van der Waals surface area (Å²) in [6.07, 6.45) is 0. The van der Waals surface area contributed by atoms with Gasteiger partial charge in [0.25, 0.3) is 14.1 Å². The molecule has 0 unspecified atom stereocenters. The second-order valence-corrected chi connectivity index (χ2v) is 6.86. The monoisotopic (exact) mass is 191 g/mol. The van der Waals surface area contributed by atoms with Gasteiger partial charge in [-0.05, 0) is 12.1 Å². The number of amides is 1. The first-order valence-electron chi connectivity index (χ1n) is 4.48. The van der Waals surface area contributed by atoms with Crippen molar-refractivity contribution in [3.63, 3.8) is 0 Å². The van der Waals surface area contributed by atoms with E-state index in [1.165, 1.54) is 10.8 Å². The molecule has 0 fully saturated rings. The molecule has 0 bridgehead atoms. The lowest BCUT2D eigenvalue weighted by atomic mass is 10.1. The van der Waals surface area contributed by atoms with E-state index in [4.69, 9.17) is 5.73 Å². The van der Waals surface area contributed by atoms with Crippen molar-refractivity contribution < 1.29 is 4.79 Å². The molecule has 1 rings (SSSR count). The minimum absolute atomic E-state index is 0.353. The number of carbonyl (C=O) groups is 1. The molecule has 0 aliphatic rings. The summed E-state index contributed by atoms with van der Waals surface area (Å²) < 4.78 is 0. The molecule has 3 heteroatoms. The fraction of sp³-hybridized carbons (Fsp3) is 0.300. The van der Waals surface area contributed by atoms with Crippen molar-refractivity contribution in [3.8, 4) is 0 Å². The van der Waals surface area contributed by atoms with Gasteiger partial charge in [-0.25, -0.2) is 0 Å². The molecule has 2 nitrogen and oxygen atoms in total. The second kappa shape index (κ2) is 4.46. The van der Waals surface area contributed by atoms with E-state index >= 15 is 0 Å². The zero-order valence-electron chi connectivity index (χ0n) is 8.08. The maximum absolute atomic E-state index is 10.8. The van der Waals surface area contributed by atoms with E-state index in [-0.39, 0.29) is 5.91 Å². The van der Waals surface area contributed by atoms with Gasteiger partial charge < -0.3 is 5.73 Å². The third kappa shape index (κ3) is 3.22. The smallest absolute Gasteiger partial charge is 0.260 e. The Labute approximate surface area is 83.1 Å². The summed E-state index contributed by atoms with van der Waals surface area (Å²) in [6, 6.07) is 7.59. The predicted octanol–water partition coefficient (Wildman–Crippen LogP) is 1.62. The van der Waals surface area contributed by atoms with Gasteiger partial charge >= 0.3 is 0 Å². The van der Waals surface area contributed by atoms with E-state index in [1.54, 1.807) is 12.1 Å². The van der Waals surface area contributed by atoms with Gasteiger partial charge in [-0.15, -0.1) is 11.6 Å². The lowest BCUT2D eigenvalue weighted by Gasteiger charge is -2.01. The Balaban J connectivity index is 2.75. The van der Waals surface area contributed by atoms with E-state index in [0.29, 0.717) is 5.56 Å². The van der Waals surface area contributed by atoms with E-state index in [1.807, 2.05) is 12.1 Å². The standard InChI is InChI=1S/C8H8NO.2CH3.Al/c1-6-2-4-7(5-3-6)8(9)10;;;/h2-5H,1H2,(H2,9,10);2*1H3;. The maximum Gasteiger partial charge on any atom is 0.260 e. The largest absolute Gasteiger partial charge is 0.366 e. The lowest BCUT2D eigenvalue weighted by molar-refractivity contribution is 0.100. The average Bonchev–Trinajstić information content (AvgIpc) is 2.04. The third-order valence-corrected chi connectivity index (χ3v) is 3.17. The van der Waals surface area contributed by atoms with Gasteiger partial charge in [0.1, 0.15) is 0 Å². The quantitative estimate of drug-likeness (QED) is 0.725. The van der Waals surface area contributed by atoms with Gasteiger partial charge in [-0.2, -0.15) is 0 Å². The molecule has 1 amide bonds. The minimum Gasteiger partial charge on any atom is -0.366 e. The van der Waals surface area contributed by atoms with Crippen LogP contribution in [0, 0.1) is 0 Å². The highest BCUT2D eigenvalue weighted by molar-refractivity contribution is 6.55. The molecule has 68 valence electrons. The molecule has 0 saturated heterocycles. The number of rotatable bonds is 3. The van der Waals surface area contributed by atoms with Crippen LogP contribution in [0.3, 0.4) is 0 Å². The summed E-state index contributed by atoms with van der Waals surface area (Å²) in [4.78, 5) is 10.8. The first-order chi connectivity index (χ1) is 6.09. The summed E-state index contributed by atoms with van der Waals surface area (Å²) in [7, 11) is 0.